The molecule has 8 nitrogen and oxygen atoms in total. The van der Waals surface area contributed by atoms with Crippen molar-refractivity contribution in [3.63, 3.8) is 0 Å². The fourth-order valence-corrected chi connectivity index (χ4v) is 2.47. The second-order valence-electron chi connectivity index (χ2n) is 5.07. The lowest BCUT2D eigenvalue weighted by molar-refractivity contribution is -0.114. The van der Waals surface area contributed by atoms with Crippen molar-refractivity contribution in [3.05, 3.63) is 36.1 Å². The van der Waals surface area contributed by atoms with Gasteiger partial charge in [0, 0.05) is 18.3 Å². The number of nitrogens with zero attached hydrogens (tertiary/aromatic N) is 1. The Morgan fingerprint density at radius 2 is 1.85 bits per heavy atom. The number of nitrogens with two attached hydrogens (primary N) is 1. The smallest absolute Gasteiger partial charge is 0.235 e. The number of rotatable bonds is 9. The van der Waals surface area contributed by atoms with Crippen LogP contribution in [0.2, 0.25) is 0 Å². The number of carbonyl (C=O) groups is 2. The van der Waals surface area contributed by atoms with Crippen molar-refractivity contribution in [3.8, 4) is 5.75 Å². The van der Waals surface area contributed by atoms with Gasteiger partial charge in [0.1, 0.15) is 18.1 Å². The Morgan fingerprint density at radius 1 is 1.19 bits per heavy atom. The van der Waals surface area contributed by atoms with Crippen LogP contribution in [-0.4, -0.2) is 41.6 Å². The minimum atomic E-state index is -0.243. The number of hydrogen-bond donors (Lipinski definition) is 3. The molecule has 1 aromatic heterocycles. The van der Waals surface area contributed by atoms with Gasteiger partial charge in [-0.2, -0.15) is 0 Å². The van der Waals surface area contributed by atoms with E-state index in [1.54, 1.807) is 37.3 Å². The summed E-state index contributed by atoms with van der Waals surface area (Å²) in [6.45, 7) is 2.62. The molecule has 1 heterocycles. The lowest BCUT2D eigenvalue weighted by Crippen LogP contribution is -2.18. The van der Waals surface area contributed by atoms with Gasteiger partial charge in [-0.1, -0.05) is 5.16 Å². The fourth-order valence-electron chi connectivity index (χ4n) is 1.85. The zero-order chi connectivity index (χ0) is 18.1. The predicted molar refractivity (Wildman–Crippen MR) is 104 cm³/mol. The molecule has 0 aliphatic carbocycles. The summed E-state index contributed by atoms with van der Waals surface area (Å²) >= 11 is 1.21. The molecule has 0 bridgehead atoms. The van der Waals surface area contributed by atoms with Gasteiger partial charge >= 0.3 is 0 Å². The van der Waals surface area contributed by atoms with Crippen LogP contribution in [0.15, 0.2) is 34.9 Å². The molecule has 0 saturated heterocycles. The molecule has 2 amide bonds. The standard InChI is InChI=1S/C16H20N4O4S.ClH/c1-11-8-14(20-24-11)19-16(22)10-25-9-15(21)18-12-2-4-13(5-3-12)23-7-6-17;/h2-5,8H,6-7,9-10,17H2,1H3,(H,18,21)(H,19,20,22);1H. The van der Waals surface area contributed by atoms with Gasteiger partial charge in [0.05, 0.1) is 11.5 Å². The van der Waals surface area contributed by atoms with Crippen molar-refractivity contribution in [1.82, 2.24) is 5.16 Å². The highest BCUT2D eigenvalue weighted by atomic mass is 35.5. The van der Waals surface area contributed by atoms with Crippen LogP contribution in [0, 0.1) is 6.92 Å². The highest BCUT2D eigenvalue weighted by molar-refractivity contribution is 8.00. The first-order valence-corrected chi connectivity index (χ1v) is 8.76. The van der Waals surface area contributed by atoms with Crippen LogP contribution in [0.4, 0.5) is 11.5 Å². The predicted octanol–water partition coefficient (Wildman–Crippen LogP) is 2.05. The summed E-state index contributed by atoms with van der Waals surface area (Å²) in [5.74, 6) is 1.55. The Hall–Kier alpha value is -2.23. The van der Waals surface area contributed by atoms with Crippen molar-refractivity contribution >= 4 is 47.5 Å². The number of aromatic nitrogens is 1. The van der Waals surface area contributed by atoms with Gasteiger partial charge < -0.3 is 25.6 Å². The Labute approximate surface area is 161 Å². The van der Waals surface area contributed by atoms with Gasteiger partial charge in [-0.3, -0.25) is 9.59 Å². The summed E-state index contributed by atoms with van der Waals surface area (Å²) in [4.78, 5) is 23.6. The van der Waals surface area contributed by atoms with Crippen molar-refractivity contribution in [2.75, 3.05) is 35.3 Å². The lowest BCUT2D eigenvalue weighted by atomic mass is 10.3. The second-order valence-corrected chi connectivity index (χ2v) is 6.06. The van der Waals surface area contributed by atoms with E-state index in [1.807, 2.05) is 0 Å². The molecule has 0 aliphatic heterocycles. The molecule has 10 heteroatoms. The molecule has 0 radical (unpaired) electrons. The summed E-state index contributed by atoms with van der Waals surface area (Å²) < 4.78 is 10.2. The minimum absolute atomic E-state index is 0. The van der Waals surface area contributed by atoms with Crippen LogP contribution < -0.4 is 21.1 Å². The third kappa shape index (κ3) is 7.77. The van der Waals surface area contributed by atoms with Crippen LogP contribution in [0.25, 0.3) is 0 Å². The Balaban J connectivity index is 0.00000338. The van der Waals surface area contributed by atoms with Gasteiger partial charge in [0.2, 0.25) is 11.8 Å². The van der Waals surface area contributed by atoms with E-state index >= 15 is 0 Å². The maximum absolute atomic E-state index is 11.9. The second kappa shape index (κ2) is 11.4. The largest absolute Gasteiger partial charge is 0.492 e. The van der Waals surface area contributed by atoms with E-state index in [-0.39, 0.29) is 35.7 Å². The average Bonchev–Trinajstić information content (AvgIpc) is 2.99. The number of aryl methyl sites for hydroxylation is 1. The summed E-state index contributed by atoms with van der Waals surface area (Å²) in [6, 6.07) is 8.62. The maximum atomic E-state index is 11.9. The summed E-state index contributed by atoms with van der Waals surface area (Å²) in [7, 11) is 0. The molecule has 4 N–H and O–H groups in total. The number of halogens is 1. The highest BCUT2D eigenvalue weighted by Crippen LogP contribution is 2.16. The third-order valence-electron chi connectivity index (χ3n) is 2.89. The van der Waals surface area contributed by atoms with Crippen molar-refractivity contribution in [2.24, 2.45) is 5.73 Å². The van der Waals surface area contributed by atoms with Crippen LogP contribution >= 0.6 is 24.2 Å². The topological polar surface area (TPSA) is 119 Å². The summed E-state index contributed by atoms with van der Waals surface area (Å²) in [5, 5.41) is 9.01. The molecule has 0 fully saturated rings. The van der Waals surface area contributed by atoms with E-state index < -0.39 is 0 Å². The molecule has 2 aromatic rings. The molecule has 142 valence electrons. The van der Waals surface area contributed by atoms with E-state index in [2.05, 4.69) is 15.8 Å². The quantitative estimate of drug-likeness (QED) is 0.589. The van der Waals surface area contributed by atoms with Gasteiger partial charge in [-0.05, 0) is 31.2 Å². The van der Waals surface area contributed by atoms with Crippen LogP contribution in [0.5, 0.6) is 5.75 Å². The van der Waals surface area contributed by atoms with Gasteiger partial charge in [0.25, 0.3) is 0 Å². The van der Waals surface area contributed by atoms with Gasteiger partial charge in [-0.25, -0.2) is 0 Å². The van der Waals surface area contributed by atoms with E-state index in [1.165, 1.54) is 11.8 Å². The molecule has 1 aromatic carbocycles. The zero-order valence-corrected chi connectivity index (χ0v) is 15.8. The molecule has 2 rings (SSSR count). The van der Waals surface area contributed by atoms with E-state index in [0.717, 1.165) is 0 Å². The first kappa shape index (κ1) is 21.8. The number of carbonyl (C=O) groups excluding carboxylic acids is 2. The normalized spacial score (nSPS) is 9.92. The molecular weight excluding hydrogens is 380 g/mol. The van der Waals surface area contributed by atoms with Crippen LogP contribution in [-0.2, 0) is 9.59 Å². The van der Waals surface area contributed by atoms with Crippen molar-refractivity contribution in [1.29, 1.82) is 0 Å². The molecule has 26 heavy (non-hydrogen) atoms. The van der Waals surface area contributed by atoms with Gasteiger partial charge in [-0.15, -0.1) is 24.2 Å². The fraction of sp³-hybridized carbons (Fsp3) is 0.312. The molecule has 0 aliphatic rings. The zero-order valence-electron chi connectivity index (χ0n) is 14.2. The SMILES string of the molecule is Cc1cc(NC(=O)CSCC(=O)Nc2ccc(OCCN)cc2)no1.Cl. The maximum Gasteiger partial charge on any atom is 0.235 e. The Kier molecular flexibility index (Phi) is 9.56. The minimum Gasteiger partial charge on any atom is -0.492 e. The highest BCUT2D eigenvalue weighted by Gasteiger charge is 2.08. The van der Waals surface area contributed by atoms with Crippen LogP contribution in [0.1, 0.15) is 5.76 Å². The van der Waals surface area contributed by atoms with E-state index in [4.69, 9.17) is 15.0 Å². The first-order valence-electron chi connectivity index (χ1n) is 7.60. The summed E-state index contributed by atoms with van der Waals surface area (Å²) in [5.41, 5.74) is 6.02. The van der Waals surface area contributed by atoms with Crippen molar-refractivity contribution in [2.45, 2.75) is 6.92 Å². The summed E-state index contributed by atoms with van der Waals surface area (Å²) in [6.07, 6.45) is 0. The van der Waals surface area contributed by atoms with E-state index in [0.29, 0.717) is 36.2 Å². The number of benzene rings is 1. The number of anilines is 2. The van der Waals surface area contributed by atoms with Crippen LogP contribution in [0.3, 0.4) is 0 Å². The molecule has 0 spiro atoms. The number of thioether (sulfide) groups is 1. The molecule has 0 atom stereocenters. The Bertz CT molecular complexity index is 709. The molecular formula is C16H21ClN4O4S. The number of nitrogens with one attached hydrogen (secondary N) is 2. The average molecular weight is 401 g/mol. The number of amides is 2. The van der Waals surface area contributed by atoms with E-state index in [9.17, 15) is 9.59 Å². The number of ether oxygens (including phenoxy) is 1. The lowest BCUT2D eigenvalue weighted by Gasteiger charge is -2.07. The first-order chi connectivity index (χ1) is 12.1. The Morgan fingerprint density at radius 3 is 2.42 bits per heavy atom. The number of hydrogen-bond acceptors (Lipinski definition) is 7. The van der Waals surface area contributed by atoms with Gasteiger partial charge in [0.15, 0.2) is 5.82 Å². The molecule has 0 unspecified atom stereocenters. The monoisotopic (exact) mass is 400 g/mol. The third-order valence-corrected chi connectivity index (χ3v) is 3.82. The molecule has 0 saturated carbocycles. The van der Waals surface area contributed by atoms with Crippen molar-refractivity contribution < 1.29 is 18.8 Å².